The van der Waals surface area contributed by atoms with Crippen LogP contribution >= 0.6 is 11.6 Å². The second-order valence-electron chi connectivity index (χ2n) is 6.32. The van der Waals surface area contributed by atoms with Gasteiger partial charge in [-0.05, 0) is 49.2 Å². The van der Waals surface area contributed by atoms with Gasteiger partial charge >= 0.3 is 0 Å². The normalized spacial score (nSPS) is 16.8. The van der Waals surface area contributed by atoms with E-state index in [4.69, 9.17) is 16.3 Å². The van der Waals surface area contributed by atoms with Crippen LogP contribution in [-0.4, -0.2) is 36.9 Å². The lowest BCUT2D eigenvalue weighted by atomic mass is 9.96. The minimum Gasteiger partial charge on any atom is -0.497 e. The first-order valence-corrected chi connectivity index (χ1v) is 8.94. The van der Waals surface area contributed by atoms with E-state index in [1.54, 1.807) is 42.3 Å². The topological polar surface area (TPSA) is 58.6 Å². The summed E-state index contributed by atoms with van der Waals surface area (Å²) >= 11 is 5.88. The minimum atomic E-state index is -0.230. The Morgan fingerprint density at radius 3 is 2.69 bits per heavy atom. The van der Waals surface area contributed by atoms with Crippen molar-refractivity contribution >= 4 is 29.1 Å². The molecule has 0 unspecified atom stereocenters. The number of hydrogen-bond donors (Lipinski definition) is 1. The van der Waals surface area contributed by atoms with Gasteiger partial charge in [0, 0.05) is 35.4 Å². The molecule has 0 aliphatic carbocycles. The molecule has 0 spiro atoms. The molecule has 0 saturated carbocycles. The SMILES string of the molecule is COc1cccc(NC(=O)[C@H]2CCCN(C(=O)c3ccc(Cl)cc3)C2)c1. The molecule has 0 radical (unpaired) electrons. The van der Waals surface area contributed by atoms with Gasteiger partial charge in [0.15, 0.2) is 0 Å². The number of nitrogens with zero attached hydrogens (tertiary/aromatic N) is 1. The Labute approximate surface area is 157 Å². The average Bonchev–Trinajstić information content (AvgIpc) is 2.68. The van der Waals surface area contributed by atoms with Crippen molar-refractivity contribution in [2.24, 2.45) is 5.92 Å². The Kier molecular flexibility index (Phi) is 5.78. The molecule has 1 aliphatic rings. The summed E-state index contributed by atoms with van der Waals surface area (Å²) in [6.07, 6.45) is 1.57. The summed E-state index contributed by atoms with van der Waals surface area (Å²) in [6.45, 7) is 1.07. The Hall–Kier alpha value is -2.53. The number of benzene rings is 2. The van der Waals surface area contributed by atoms with Crippen LogP contribution in [0.1, 0.15) is 23.2 Å². The van der Waals surface area contributed by atoms with E-state index in [0.29, 0.717) is 35.1 Å². The molecule has 1 saturated heterocycles. The van der Waals surface area contributed by atoms with Gasteiger partial charge in [-0.1, -0.05) is 17.7 Å². The summed E-state index contributed by atoms with van der Waals surface area (Å²) in [5, 5.41) is 3.51. The highest BCUT2D eigenvalue weighted by Gasteiger charge is 2.29. The van der Waals surface area contributed by atoms with Crippen LogP contribution < -0.4 is 10.1 Å². The smallest absolute Gasteiger partial charge is 0.253 e. The van der Waals surface area contributed by atoms with Crippen molar-refractivity contribution < 1.29 is 14.3 Å². The number of carbonyl (C=O) groups is 2. The van der Waals surface area contributed by atoms with Crippen molar-refractivity contribution in [2.45, 2.75) is 12.8 Å². The fourth-order valence-electron chi connectivity index (χ4n) is 3.10. The van der Waals surface area contributed by atoms with Crippen LogP contribution in [0.4, 0.5) is 5.69 Å². The van der Waals surface area contributed by atoms with Gasteiger partial charge in [0.05, 0.1) is 13.0 Å². The number of halogens is 1. The van der Waals surface area contributed by atoms with E-state index >= 15 is 0 Å². The molecule has 136 valence electrons. The van der Waals surface area contributed by atoms with Crippen molar-refractivity contribution in [3.05, 3.63) is 59.1 Å². The van der Waals surface area contributed by atoms with Gasteiger partial charge in [-0.3, -0.25) is 9.59 Å². The zero-order valence-electron chi connectivity index (χ0n) is 14.6. The van der Waals surface area contributed by atoms with E-state index in [1.807, 2.05) is 18.2 Å². The van der Waals surface area contributed by atoms with Gasteiger partial charge in [0.1, 0.15) is 5.75 Å². The highest BCUT2D eigenvalue weighted by molar-refractivity contribution is 6.30. The van der Waals surface area contributed by atoms with Gasteiger partial charge in [-0.2, -0.15) is 0 Å². The van der Waals surface area contributed by atoms with Gasteiger partial charge < -0.3 is 15.0 Å². The number of hydrogen-bond acceptors (Lipinski definition) is 3. The second-order valence-corrected chi connectivity index (χ2v) is 6.75. The zero-order valence-corrected chi connectivity index (χ0v) is 15.3. The third-order valence-corrected chi connectivity index (χ3v) is 4.76. The van der Waals surface area contributed by atoms with Crippen LogP contribution in [0.3, 0.4) is 0 Å². The zero-order chi connectivity index (χ0) is 18.5. The Morgan fingerprint density at radius 1 is 1.19 bits per heavy atom. The third kappa shape index (κ3) is 4.35. The number of ether oxygens (including phenoxy) is 1. The first-order chi connectivity index (χ1) is 12.6. The monoisotopic (exact) mass is 372 g/mol. The van der Waals surface area contributed by atoms with E-state index in [9.17, 15) is 9.59 Å². The van der Waals surface area contributed by atoms with Crippen LogP contribution in [0.2, 0.25) is 5.02 Å². The standard InChI is InChI=1S/C20H21ClN2O3/c1-26-18-6-2-5-17(12-18)22-19(24)15-4-3-11-23(13-15)20(25)14-7-9-16(21)10-8-14/h2,5-10,12,15H,3-4,11,13H2,1H3,(H,22,24)/t15-/m0/s1. The summed E-state index contributed by atoms with van der Waals surface area (Å²) in [7, 11) is 1.59. The van der Waals surface area contributed by atoms with Gasteiger partial charge in [0.2, 0.25) is 5.91 Å². The van der Waals surface area contributed by atoms with E-state index < -0.39 is 0 Å². The van der Waals surface area contributed by atoms with Crippen molar-refractivity contribution in [1.82, 2.24) is 4.90 Å². The number of carbonyl (C=O) groups excluding carboxylic acids is 2. The molecule has 1 atom stereocenters. The number of likely N-dealkylation sites (tertiary alicyclic amines) is 1. The first-order valence-electron chi connectivity index (χ1n) is 8.56. The minimum absolute atomic E-state index is 0.0689. The average molecular weight is 373 g/mol. The Morgan fingerprint density at radius 2 is 1.96 bits per heavy atom. The second kappa shape index (κ2) is 8.23. The summed E-state index contributed by atoms with van der Waals surface area (Å²) in [6, 6.07) is 14.1. The van der Waals surface area contributed by atoms with Crippen molar-refractivity contribution in [1.29, 1.82) is 0 Å². The number of rotatable bonds is 4. The lowest BCUT2D eigenvalue weighted by Gasteiger charge is -2.32. The largest absolute Gasteiger partial charge is 0.497 e. The first kappa shape index (κ1) is 18.3. The molecule has 26 heavy (non-hydrogen) atoms. The summed E-state index contributed by atoms with van der Waals surface area (Å²) in [4.78, 5) is 27.0. The number of anilines is 1. The van der Waals surface area contributed by atoms with Crippen molar-refractivity contribution in [3.8, 4) is 5.75 Å². The Balaban J connectivity index is 1.64. The van der Waals surface area contributed by atoms with E-state index in [1.165, 1.54) is 0 Å². The maximum absolute atomic E-state index is 12.7. The van der Waals surface area contributed by atoms with Crippen LogP contribution in [-0.2, 0) is 4.79 Å². The van der Waals surface area contributed by atoms with E-state index in [-0.39, 0.29) is 17.7 Å². The number of piperidine rings is 1. The maximum Gasteiger partial charge on any atom is 0.253 e. The van der Waals surface area contributed by atoms with Gasteiger partial charge in [0.25, 0.3) is 5.91 Å². The molecule has 2 amide bonds. The summed E-state index contributed by atoms with van der Waals surface area (Å²) < 4.78 is 5.17. The Bertz CT molecular complexity index is 792. The molecule has 3 rings (SSSR count). The predicted octanol–water partition coefficient (Wildman–Crippen LogP) is 3.84. The third-order valence-electron chi connectivity index (χ3n) is 4.51. The molecule has 5 nitrogen and oxygen atoms in total. The van der Waals surface area contributed by atoms with E-state index in [0.717, 1.165) is 12.8 Å². The molecule has 0 aromatic heterocycles. The van der Waals surface area contributed by atoms with Gasteiger partial charge in [-0.25, -0.2) is 0 Å². The lowest BCUT2D eigenvalue weighted by molar-refractivity contribution is -0.121. The highest BCUT2D eigenvalue weighted by Crippen LogP contribution is 2.22. The molecule has 1 fully saturated rings. The molecule has 6 heteroatoms. The van der Waals surface area contributed by atoms with Crippen molar-refractivity contribution in [3.63, 3.8) is 0 Å². The van der Waals surface area contributed by atoms with Gasteiger partial charge in [-0.15, -0.1) is 0 Å². The van der Waals surface area contributed by atoms with Crippen molar-refractivity contribution in [2.75, 3.05) is 25.5 Å². The van der Waals surface area contributed by atoms with E-state index in [2.05, 4.69) is 5.32 Å². The molecule has 0 bridgehead atoms. The fraction of sp³-hybridized carbons (Fsp3) is 0.300. The van der Waals surface area contributed by atoms with Crippen LogP contribution in [0.15, 0.2) is 48.5 Å². The van der Waals surface area contributed by atoms with Crippen LogP contribution in [0, 0.1) is 5.92 Å². The number of amides is 2. The molecule has 1 aliphatic heterocycles. The number of nitrogens with one attached hydrogen (secondary N) is 1. The molecule has 2 aromatic rings. The fourth-order valence-corrected chi connectivity index (χ4v) is 3.22. The summed E-state index contributed by atoms with van der Waals surface area (Å²) in [5.41, 5.74) is 1.28. The predicted molar refractivity (Wildman–Crippen MR) is 102 cm³/mol. The molecule has 1 heterocycles. The molecule has 2 aromatic carbocycles. The molecule has 1 N–H and O–H groups in total. The maximum atomic E-state index is 12.7. The lowest BCUT2D eigenvalue weighted by Crippen LogP contribution is -2.43. The molecular weight excluding hydrogens is 352 g/mol. The highest BCUT2D eigenvalue weighted by atomic mass is 35.5. The molecular formula is C20H21ClN2O3. The van der Waals surface area contributed by atoms with Crippen LogP contribution in [0.25, 0.3) is 0 Å². The van der Waals surface area contributed by atoms with Crippen LogP contribution in [0.5, 0.6) is 5.75 Å². The summed E-state index contributed by atoms with van der Waals surface area (Å²) in [5.74, 6) is 0.310. The quantitative estimate of drug-likeness (QED) is 0.887. The number of methoxy groups -OCH3 is 1.